The quantitative estimate of drug-likeness (QED) is 0.429. The van der Waals surface area contributed by atoms with Crippen molar-refractivity contribution in [1.29, 1.82) is 0 Å². The monoisotopic (exact) mass is 360 g/mol. The van der Waals surface area contributed by atoms with Crippen LogP contribution in [-0.4, -0.2) is 30.6 Å². The van der Waals surface area contributed by atoms with Gasteiger partial charge in [-0.2, -0.15) is 0 Å². The number of rotatable bonds is 8. The molecule has 2 rings (SSSR count). The molecule has 0 aliphatic heterocycles. The lowest BCUT2D eigenvalue weighted by atomic mass is 10.1. The zero-order chi connectivity index (χ0) is 18.1. The molecule has 2 aromatic rings. The van der Waals surface area contributed by atoms with Gasteiger partial charge in [-0.05, 0) is 45.2 Å². The van der Waals surface area contributed by atoms with Gasteiger partial charge >= 0.3 is 0 Å². The number of guanidine groups is 1. The number of hydrogen-bond acceptors (Lipinski definition) is 4. The zero-order valence-corrected chi connectivity index (χ0v) is 16.4. The number of aryl methyl sites for hydroxylation is 3. The Labute approximate surface area is 154 Å². The molecule has 0 amide bonds. The van der Waals surface area contributed by atoms with Crippen LogP contribution in [0.1, 0.15) is 34.4 Å². The van der Waals surface area contributed by atoms with Gasteiger partial charge in [0.25, 0.3) is 0 Å². The van der Waals surface area contributed by atoms with E-state index in [4.69, 9.17) is 4.74 Å². The molecule has 0 fully saturated rings. The van der Waals surface area contributed by atoms with Crippen molar-refractivity contribution in [2.75, 3.05) is 19.7 Å². The lowest BCUT2D eigenvalue weighted by molar-refractivity contribution is 0.307. The summed E-state index contributed by atoms with van der Waals surface area (Å²) in [5.41, 5.74) is 2.36. The van der Waals surface area contributed by atoms with Crippen molar-refractivity contribution in [3.8, 4) is 5.75 Å². The molecule has 2 N–H and O–H groups in total. The Morgan fingerprint density at radius 1 is 1.20 bits per heavy atom. The minimum Gasteiger partial charge on any atom is -0.493 e. The lowest BCUT2D eigenvalue weighted by Crippen LogP contribution is -2.38. The number of ether oxygens (including phenoxy) is 1. The summed E-state index contributed by atoms with van der Waals surface area (Å²) in [5.74, 6) is 1.82. The van der Waals surface area contributed by atoms with Gasteiger partial charge in [-0.15, -0.1) is 11.3 Å². The summed E-state index contributed by atoms with van der Waals surface area (Å²) in [6, 6.07) is 6.22. The van der Waals surface area contributed by atoms with E-state index in [0.717, 1.165) is 36.2 Å². The smallest absolute Gasteiger partial charge is 0.191 e. The molecule has 0 spiro atoms. The van der Waals surface area contributed by atoms with Crippen molar-refractivity contribution in [1.82, 2.24) is 15.6 Å². The van der Waals surface area contributed by atoms with E-state index < -0.39 is 0 Å². The summed E-state index contributed by atoms with van der Waals surface area (Å²) in [6.45, 7) is 11.2. The van der Waals surface area contributed by atoms with Crippen LogP contribution in [0.15, 0.2) is 29.4 Å². The van der Waals surface area contributed by atoms with E-state index in [1.165, 1.54) is 16.0 Å². The van der Waals surface area contributed by atoms with Crippen molar-refractivity contribution in [3.05, 3.63) is 45.4 Å². The molecule has 1 aromatic carbocycles. The van der Waals surface area contributed by atoms with Crippen molar-refractivity contribution < 1.29 is 4.74 Å². The van der Waals surface area contributed by atoms with Crippen LogP contribution >= 0.6 is 11.3 Å². The molecule has 0 bridgehead atoms. The topological polar surface area (TPSA) is 58.5 Å². The van der Waals surface area contributed by atoms with Crippen LogP contribution in [0.5, 0.6) is 5.75 Å². The maximum Gasteiger partial charge on any atom is 0.191 e. The second kappa shape index (κ2) is 10.0. The van der Waals surface area contributed by atoms with Crippen LogP contribution in [0, 0.1) is 20.8 Å². The highest BCUT2D eigenvalue weighted by Crippen LogP contribution is 2.22. The molecule has 136 valence electrons. The molecule has 0 saturated carbocycles. The highest BCUT2D eigenvalue weighted by molar-refractivity contribution is 7.11. The first-order valence-corrected chi connectivity index (χ1v) is 9.54. The van der Waals surface area contributed by atoms with Gasteiger partial charge in [0.1, 0.15) is 10.8 Å². The third-order valence-corrected chi connectivity index (χ3v) is 4.55. The number of nitrogens with one attached hydrogen (secondary N) is 2. The molecule has 0 atom stereocenters. The SMILES string of the molecule is CCNC(=NCc1ncc(C)s1)NCCCOc1c(C)cccc1C. The molecule has 0 unspecified atom stereocenters. The van der Waals surface area contributed by atoms with E-state index in [0.29, 0.717) is 13.2 Å². The molecule has 5 nitrogen and oxygen atoms in total. The number of aromatic nitrogens is 1. The van der Waals surface area contributed by atoms with E-state index in [1.807, 2.05) is 6.20 Å². The first kappa shape index (κ1) is 19.2. The highest BCUT2D eigenvalue weighted by atomic mass is 32.1. The fraction of sp³-hybridized carbons (Fsp3) is 0.474. The van der Waals surface area contributed by atoms with Crippen LogP contribution < -0.4 is 15.4 Å². The van der Waals surface area contributed by atoms with Crippen molar-refractivity contribution >= 4 is 17.3 Å². The summed E-state index contributed by atoms with van der Waals surface area (Å²) < 4.78 is 5.93. The number of hydrogen-bond donors (Lipinski definition) is 2. The van der Waals surface area contributed by atoms with Crippen molar-refractivity contribution in [2.45, 2.75) is 40.7 Å². The number of thiazole rings is 1. The highest BCUT2D eigenvalue weighted by Gasteiger charge is 2.03. The second-order valence-corrected chi connectivity index (χ2v) is 7.23. The molecule has 6 heteroatoms. The second-order valence-electron chi connectivity index (χ2n) is 5.91. The number of benzene rings is 1. The third-order valence-electron chi connectivity index (χ3n) is 3.65. The molecule has 0 aliphatic rings. The number of para-hydroxylation sites is 1. The maximum absolute atomic E-state index is 5.93. The van der Waals surface area contributed by atoms with Gasteiger partial charge < -0.3 is 15.4 Å². The number of nitrogens with zero attached hydrogens (tertiary/aromatic N) is 2. The van der Waals surface area contributed by atoms with Crippen molar-refractivity contribution in [2.24, 2.45) is 4.99 Å². The van der Waals surface area contributed by atoms with Gasteiger partial charge in [0.15, 0.2) is 5.96 Å². The lowest BCUT2D eigenvalue weighted by Gasteiger charge is -2.13. The van der Waals surface area contributed by atoms with E-state index in [-0.39, 0.29) is 0 Å². The standard InChI is InChI=1S/C19H28N4OS/c1-5-20-19(23-13-17-22-12-16(4)25-17)21-10-7-11-24-18-14(2)8-6-9-15(18)3/h6,8-9,12H,5,7,10-11,13H2,1-4H3,(H2,20,21,23). The molecule has 0 saturated heterocycles. The third kappa shape index (κ3) is 6.38. The fourth-order valence-electron chi connectivity index (χ4n) is 2.44. The van der Waals surface area contributed by atoms with Crippen LogP contribution in [0.4, 0.5) is 0 Å². The van der Waals surface area contributed by atoms with Gasteiger partial charge in [0.05, 0.1) is 13.2 Å². The zero-order valence-electron chi connectivity index (χ0n) is 15.6. The first-order valence-electron chi connectivity index (χ1n) is 8.72. The van der Waals surface area contributed by atoms with E-state index in [1.54, 1.807) is 11.3 Å². The Morgan fingerprint density at radius 2 is 1.96 bits per heavy atom. The van der Waals surface area contributed by atoms with Gasteiger partial charge in [-0.1, -0.05) is 18.2 Å². The van der Waals surface area contributed by atoms with Crippen LogP contribution in [0.25, 0.3) is 0 Å². The summed E-state index contributed by atoms with van der Waals surface area (Å²) in [4.78, 5) is 10.1. The molecular weight excluding hydrogens is 332 g/mol. The molecule has 0 radical (unpaired) electrons. The molecular formula is C19H28N4OS. The predicted molar refractivity (Wildman–Crippen MR) is 106 cm³/mol. The predicted octanol–water partition coefficient (Wildman–Crippen LogP) is 3.59. The average Bonchev–Trinajstić information content (AvgIpc) is 3.00. The summed E-state index contributed by atoms with van der Waals surface area (Å²) >= 11 is 1.69. The number of aliphatic imine (C=N–C) groups is 1. The normalized spacial score (nSPS) is 11.4. The Morgan fingerprint density at radius 3 is 2.60 bits per heavy atom. The van der Waals surface area contributed by atoms with Crippen LogP contribution in [-0.2, 0) is 6.54 Å². The van der Waals surface area contributed by atoms with Gasteiger partial charge in [-0.3, -0.25) is 0 Å². The fourth-order valence-corrected chi connectivity index (χ4v) is 3.15. The first-order chi connectivity index (χ1) is 12.1. The van der Waals surface area contributed by atoms with E-state index >= 15 is 0 Å². The van der Waals surface area contributed by atoms with Crippen molar-refractivity contribution in [3.63, 3.8) is 0 Å². The van der Waals surface area contributed by atoms with Crippen LogP contribution in [0.3, 0.4) is 0 Å². The minimum atomic E-state index is 0.604. The Balaban J connectivity index is 1.75. The van der Waals surface area contributed by atoms with Gasteiger partial charge in [-0.25, -0.2) is 9.98 Å². The molecule has 1 aromatic heterocycles. The molecule has 25 heavy (non-hydrogen) atoms. The molecule has 1 heterocycles. The Kier molecular flexibility index (Phi) is 7.73. The largest absolute Gasteiger partial charge is 0.493 e. The Hall–Kier alpha value is -2.08. The van der Waals surface area contributed by atoms with Gasteiger partial charge in [0, 0.05) is 24.2 Å². The molecule has 0 aliphatic carbocycles. The summed E-state index contributed by atoms with van der Waals surface area (Å²) in [6.07, 6.45) is 2.80. The summed E-state index contributed by atoms with van der Waals surface area (Å²) in [5, 5.41) is 7.65. The van der Waals surface area contributed by atoms with Gasteiger partial charge in [0.2, 0.25) is 0 Å². The Bertz CT molecular complexity index is 676. The minimum absolute atomic E-state index is 0.604. The van der Waals surface area contributed by atoms with E-state index in [2.05, 4.69) is 66.5 Å². The van der Waals surface area contributed by atoms with E-state index in [9.17, 15) is 0 Å². The average molecular weight is 361 g/mol. The summed E-state index contributed by atoms with van der Waals surface area (Å²) in [7, 11) is 0. The van der Waals surface area contributed by atoms with Crippen LogP contribution in [0.2, 0.25) is 0 Å². The maximum atomic E-state index is 5.93.